The molecule has 1 aromatic carbocycles. The second-order valence-corrected chi connectivity index (χ2v) is 8.45. The topological polar surface area (TPSA) is 72.5 Å². The first-order valence-electron chi connectivity index (χ1n) is 7.41. The van der Waals surface area contributed by atoms with Crippen LogP contribution in [0.15, 0.2) is 12.1 Å². The highest BCUT2D eigenvalue weighted by molar-refractivity contribution is 7.89. The van der Waals surface area contributed by atoms with Crippen LogP contribution in [0.25, 0.3) is 0 Å². The summed E-state index contributed by atoms with van der Waals surface area (Å²) in [4.78, 5) is 11.8. The number of sulfonamides is 1. The second-order valence-electron chi connectivity index (χ2n) is 6.30. The minimum Gasteiger partial charge on any atom is -0.488 e. The van der Waals surface area contributed by atoms with E-state index in [9.17, 15) is 17.6 Å². The molecular weight excluding hydrogens is 345 g/mol. The van der Waals surface area contributed by atoms with Gasteiger partial charge in [-0.1, -0.05) is 11.6 Å². The molecule has 1 aromatic rings. The van der Waals surface area contributed by atoms with Crippen LogP contribution in [0.4, 0.5) is 4.39 Å². The van der Waals surface area contributed by atoms with Gasteiger partial charge in [-0.2, -0.15) is 0 Å². The van der Waals surface area contributed by atoms with Crippen LogP contribution < -0.4 is 9.46 Å². The van der Waals surface area contributed by atoms with E-state index in [1.165, 1.54) is 6.42 Å². The van der Waals surface area contributed by atoms with E-state index in [0.29, 0.717) is 11.8 Å². The molecule has 8 heteroatoms. The first-order valence-corrected chi connectivity index (χ1v) is 9.67. The molecule has 2 saturated carbocycles. The molecule has 1 amide bonds. The number of hydrogen-bond acceptors (Lipinski definition) is 4. The summed E-state index contributed by atoms with van der Waals surface area (Å²) in [7, 11) is -3.78. The average Bonchev–Trinajstić information content (AvgIpc) is 3.02. The van der Waals surface area contributed by atoms with Crippen molar-refractivity contribution in [1.29, 1.82) is 0 Å². The Morgan fingerprint density at radius 1 is 1.35 bits per heavy atom. The number of rotatable bonds is 4. The third kappa shape index (κ3) is 3.61. The number of hydrogen-bond donors (Lipinski definition) is 1. The molecule has 2 bridgehead atoms. The highest BCUT2D eigenvalue weighted by Gasteiger charge is 2.41. The van der Waals surface area contributed by atoms with Gasteiger partial charge in [0.2, 0.25) is 10.0 Å². The van der Waals surface area contributed by atoms with E-state index in [1.807, 2.05) is 0 Å². The van der Waals surface area contributed by atoms with Gasteiger partial charge in [0.05, 0.1) is 16.8 Å². The lowest BCUT2D eigenvalue weighted by atomic mass is 9.98. The summed E-state index contributed by atoms with van der Waals surface area (Å²) in [5, 5.41) is 0.0906. The lowest BCUT2D eigenvalue weighted by molar-refractivity contribution is 0.0977. The number of carbonyl (C=O) groups excluding carboxylic acids is 1. The highest BCUT2D eigenvalue weighted by atomic mass is 35.5. The summed E-state index contributed by atoms with van der Waals surface area (Å²) >= 11 is 6.08. The summed E-state index contributed by atoms with van der Waals surface area (Å²) in [5.74, 6) is -0.578. The molecule has 2 aliphatic carbocycles. The molecule has 0 spiro atoms. The molecule has 0 aliphatic heterocycles. The molecule has 126 valence electrons. The van der Waals surface area contributed by atoms with Gasteiger partial charge in [0.15, 0.2) is 0 Å². The van der Waals surface area contributed by atoms with E-state index in [4.69, 9.17) is 16.3 Å². The molecular formula is C15H17ClFNO4S. The van der Waals surface area contributed by atoms with Gasteiger partial charge in [0, 0.05) is 6.07 Å². The van der Waals surface area contributed by atoms with Gasteiger partial charge in [-0.05, 0) is 43.6 Å². The SMILES string of the molecule is CS(=O)(=O)NC(=O)c1cc(Cl)c(O[C@@H]2CC3CCC2C3)cc1F. The lowest BCUT2D eigenvalue weighted by Crippen LogP contribution is -2.30. The number of carbonyl (C=O) groups is 1. The van der Waals surface area contributed by atoms with E-state index in [1.54, 1.807) is 4.72 Å². The van der Waals surface area contributed by atoms with E-state index in [0.717, 1.165) is 37.7 Å². The van der Waals surface area contributed by atoms with Gasteiger partial charge in [-0.25, -0.2) is 17.5 Å². The van der Waals surface area contributed by atoms with Crippen LogP contribution in [0.2, 0.25) is 5.02 Å². The zero-order chi connectivity index (χ0) is 16.8. The number of halogens is 2. The molecule has 0 saturated heterocycles. The van der Waals surface area contributed by atoms with Gasteiger partial charge in [0.1, 0.15) is 17.7 Å². The number of fused-ring (bicyclic) bond motifs is 2. The maximum atomic E-state index is 14.1. The van der Waals surface area contributed by atoms with E-state index in [2.05, 4.69) is 0 Å². The largest absolute Gasteiger partial charge is 0.488 e. The third-order valence-corrected chi connectivity index (χ3v) is 5.35. The molecule has 2 aliphatic rings. The fourth-order valence-corrected chi connectivity index (χ4v) is 4.16. The Labute approximate surface area is 139 Å². The average molecular weight is 362 g/mol. The van der Waals surface area contributed by atoms with Crippen LogP contribution in [-0.4, -0.2) is 26.7 Å². The molecule has 0 aromatic heterocycles. The van der Waals surface area contributed by atoms with E-state index in [-0.39, 0.29) is 16.9 Å². The molecule has 0 heterocycles. The number of ether oxygens (including phenoxy) is 1. The molecule has 3 atom stereocenters. The first kappa shape index (κ1) is 16.5. The Kier molecular flexibility index (Phi) is 4.27. The number of amides is 1. The highest BCUT2D eigenvalue weighted by Crippen LogP contribution is 2.46. The molecule has 5 nitrogen and oxygen atoms in total. The van der Waals surface area contributed by atoms with Crippen molar-refractivity contribution in [3.8, 4) is 5.75 Å². The molecule has 0 radical (unpaired) electrons. The normalized spacial score (nSPS) is 26.3. The van der Waals surface area contributed by atoms with Crippen molar-refractivity contribution in [1.82, 2.24) is 4.72 Å². The monoisotopic (exact) mass is 361 g/mol. The first-order chi connectivity index (χ1) is 10.7. The van der Waals surface area contributed by atoms with Crippen LogP contribution >= 0.6 is 11.6 Å². The van der Waals surface area contributed by atoms with Gasteiger partial charge < -0.3 is 4.74 Å². The predicted molar refractivity (Wildman–Crippen MR) is 83.6 cm³/mol. The summed E-state index contributed by atoms with van der Waals surface area (Å²) < 4.78 is 43.8. The lowest BCUT2D eigenvalue weighted by Gasteiger charge is -2.23. The molecule has 1 N–H and O–H groups in total. The third-order valence-electron chi connectivity index (χ3n) is 4.50. The van der Waals surface area contributed by atoms with Gasteiger partial charge >= 0.3 is 0 Å². The zero-order valence-corrected chi connectivity index (χ0v) is 14.1. The Bertz CT molecular complexity index is 752. The fraction of sp³-hybridized carbons (Fsp3) is 0.533. The summed E-state index contributed by atoms with van der Waals surface area (Å²) in [6, 6.07) is 2.14. The fourth-order valence-electron chi connectivity index (χ4n) is 3.51. The van der Waals surface area contributed by atoms with Crippen LogP contribution in [0, 0.1) is 17.7 Å². The number of nitrogens with one attached hydrogen (secondary N) is 1. The van der Waals surface area contributed by atoms with Crippen molar-refractivity contribution >= 4 is 27.5 Å². The van der Waals surface area contributed by atoms with Crippen LogP contribution in [-0.2, 0) is 10.0 Å². The minimum absolute atomic E-state index is 0.0290. The van der Waals surface area contributed by atoms with Crippen molar-refractivity contribution < 1.29 is 22.3 Å². The summed E-state index contributed by atoms with van der Waals surface area (Å²) in [6.45, 7) is 0. The van der Waals surface area contributed by atoms with Crippen molar-refractivity contribution in [2.45, 2.75) is 31.8 Å². The predicted octanol–water partition coefficient (Wildman–Crippen LogP) is 2.74. The molecule has 3 rings (SSSR count). The van der Waals surface area contributed by atoms with Gasteiger partial charge in [0.25, 0.3) is 5.91 Å². The van der Waals surface area contributed by atoms with Crippen molar-refractivity contribution in [3.05, 3.63) is 28.5 Å². The Hall–Kier alpha value is -1.34. The van der Waals surface area contributed by atoms with Crippen LogP contribution in [0.3, 0.4) is 0 Å². The quantitative estimate of drug-likeness (QED) is 0.895. The Morgan fingerprint density at radius 2 is 2.09 bits per heavy atom. The Balaban J connectivity index is 1.79. The second kappa shape index (κ2) is 5.94. The smallest absolute Gasteiger partial charge is 0.267 e. The zero-order valence-electron chi connectivity index (χ0n) is 12.5. The maximum absolute atomic E-state index is 14.1. The van der Waals surface area contributed by atoms with Crippen molar-refractivity contribution in [3.63, 3.8) is 0 Å². The van der Waals surface area contributed by atoms with Gasteiger partial charge in [-0.3, -0.25) is 4.79 Å². The van der Waals surface area contributed by atoms with Crippen molar-refractivity contribution in [2.24, 2.45) is 11.8 Å². The molecule has 2 fully saturated rings. The minimum atomic E-state index is -3.78. The maximum Gasteiger partial charge on any atom is 0.267 e. The standard InChI is InChI=1S/C15H17ClFNO4S/c1-23(20,21)18-15(19)10-6-11(16)14(7-12(10)17)22-13-5-8-2-3-9(13)4-8/h6-9,13H,2-5H2,1H3,(H,18,19)/t8?,9?,13-/m1/s1. The summed E-state index contributed by atoms with van der Waals surface area (Å²) in [5.41, 5.74) is -0.430. The van der Waals surface area contributed by atoms with E-state index < -0.39 is 27.3 Å². The van der Waals surface area contributed by atoms with Crippen LogP contribution in [0.5, 0.6) is 5.75 Å². The van der Waals surface area contributed by atoms with E-state index >= 15 is 0 Å². The van der Waals surface area contributed by atoms with Crippen LogP contribution in [0.1, 0.15) is 36.0 Å². The van der Waals surface area contributed by atoms with Crippen molar-refractivity contribution in [2.75, 3.05) is 6.26 Å². The summed E-state index contributed by atoms with van der Waals surface area (Å²) in [6.07, 6.45) is 5.26. The number of benzene rings is 1. The molecule has 2 unspecified atom stereocenters. The molecule has 23 heavy (non-hydrogen) atoms. The Morgan fingerprint density at radius 3 is 2.65 bits per heavy atom. The van der Waals surface area contributed by atoms with Gasteiger partial charge in [-0.15, -0.1) is 0 Å².